The number of benzene rings is 1. The Kier molecular flexibility index (Phi) is 3.56. The van der Waals surface area contributed by atoms with Crippen molar-refractivity contribution in [3.05, 3.63) is 34.3 Å². The van der Waals surface area contributed by atoms with Gasteiger partial charge in [-0.1, -0.05) is 23.7 Å². The predicted molar refractivity (Wildman–Crippen MR) is 67.4 cm³/mol. The zero-order chi connectivity index (χ0) is 11.7. The Labute approximate surface area is 106 Å². The van der Waals surface area contributed by atoms with Gasteiger partial charge in [-0.15, -0.1) is 11.6 Å². The maximum absolute atomic E-state index is 11.8. The van der Waals surface area contributed by atoms with Gasteiger partial charge in [0.25, 0.3) is 0 Å². The average Bonchev–Trinajstić information content (AvgIpc) is 2.64. The number of hydrogen-bond donors (Lipinski definition) is 0. The van der Waals surface area contributed by atoms with Crippen molar-refractivity contribution in [2.24, 2.45) is 5.92 Å². The molecule has 0 aromatic heterocycles. The lowest BCUT2D eigenvalue weighted by Crippen LogP contribution is -2.13. The van der Waals surface area contributed by atoms with Crippen molar-refractivity contribution >= 4 is 29.0 Å². The molecule has 1 aromatic carbocycles. The van der Waals surface area contributed by atoms with E-state index in [1.807, 2.05) is 25.1 Å². The van der Waals surface area contributed by atoms with E-state index in [9.17, 15) is 4.79 Å². The third-order valence-corrected chi connectivity index (χ3v) is 4.14. The Bertz CT molecular complexity index is 414. The molecule has 2 unspecified atom stereocenters. The smallest absolute Gasteiger partial charge is 0.140 e. The summed E-state index contributed by atoms with van der Waals surface area (Å²) in [6, 6.07) is 5.87. The molecule has 2 rings (SSSR count). The Balaban J connectivity index is 2.35. The Hall–Kier alpha value is -0.530. The molecule has 1 aromatic rings. The monoisotopic (exact) mass is 256 g/mol. The maximum Gasteiger partial charge on any atom is 0.140 e. The molecule has 1 aliphatic rings. The van der Waals surface area contributed by atoms with Crippen LogP contribution in [-0.2, 0) is 4.79 Å². The van der Waals surface area contributed by atoms with Gasteiger partial charge in [0.2, 0.25) is 0 Å². The first-order valence-electron chi connectivity index (χ1n) is 5.48. The molecular weight excluding hydrogens is 243 g/mol. The first kappa shape index (κ1) is 11.9. The first-order chi connectivity index (χ1) is 7.63. The van der Waals surface area contributed by atoms with Crippen molar-refractivity contribution in [1.82, 2.24) is 0 Å². The lowest BCUT2D eigenvalue weighted by molar-refractivity contribution is -0.118. The minimum absolute atomic E-state index is 0.0457. The Morgan fingerprint density at radius 3 is 2.81 bits per heavy atom. The summed E-state index contributed by atoms with van der Waals surface area (Å²) in [6.07, 6.45) is 1.55. The molecule has 1 saturated carbocycles. The zero-order valence-corrected chi connectivity index (χ0v) is 10.7. The van der Waals surface area contributed by atoms with Crippen LogP contribution in [0.1, 0.15) is 29.9 Å². The molecule has 0 N–H and O–H groups in total. The van der Waals surface area contributed by atoms with E-state index in [0.29, 0.717) is 18.1 Å². The summed E-state index contributed by atoms with van der Waals surface area (Å²) in [5.41, 5.74) is 2.06. The van der Waals surface area contributed by atoms with Crippen molar-refractivity contribution < 1.29 is 4.79 Å². The highest BCUT2D eigenvalue weighted by Gasteiger charge is 2.35. The van der Waals surface area contributed by atoms with Crippen LogP contribution >= 0.6 is 23.2 Å². The lowest BCUT2D eigenvalue weighted by Gasteiger charge is -2.16. The normalized spacial score (nSPS) is 25.1. The molecule has 0 amide bonds. The minimum atomic E-state index is -0.0457. The molecule has 1 aliphatic carbocycles. The number of aryl methyl sites for hydroxylation is 1. The summed E-state index contributed by atoms with van der Waals surface area (Å²) in [7, 11) is 0. The van der Waals surface area contributed by atoms with Crippen LogP contribution in [0.15, 0.2) is 18.2 Å². The van der Waals surface area contributed by atoms with Gasteiger partial charge >= 0.3 is 0 Å². The molecule has 1 fully saturated rings. The van der Waals surface area contributed by atoms with Crippen molar-refractivity contribution in [1.29, 1.82) is 0 Å². The summed E-state index contributed by atoms with van der Waals surface area (Å²) in [5, 5.41) is 0.727. The van der Waals surface area contributed by atoms with Gasteiger partial charge in [0.15, 0.2) is 0 Å². The van der Waals surface area contributed by atoms with Crippen molar-refractivity contribution in [3.8, 4) is 0 Å². The fourth-order valence-corrected chi connectivity index (χ4v) is 2.86. The van der Waals surface area contributed by atoms with Gasteiger partial charge in [-0.2, -0.15) is 0 Å². The van der Waals surface area contributed by atoms with E-state index in [1.165, 1.54) is 0 Å². The second kappa shape index (κ2) is 4.77. The van der Waals surface area contributed by atoms with E-state index in [1.54, 1.807) is 0 Å². The van der Waals surface area contributed by atoms with Gasteiger partial charge in [0.05, 0.1) is 0 Å². The van der Waals surface area contributed by atoms with E-state index in [4.69, 9.17) is 23.2 Å². The van der Waals surface area contributed by atoms with Crippen LogP contribution in [0.3, 0.4) is 0 Å². The molecule has 0 heterocycles. The van der Waals surface area contributed by atoms with Crippen molar-refractivity contribution in [2.45, 2.75) is 25.7 Å². The number of carbonyl (C=O) groups is 1. The number of halogens is 2. The summed E-state index contributed by atoms with van der Waals surface area (Å²) >= 11 is 12.0. The van der Waals surface area contributed by atoms with E-state index < -0.39 is 0 Å². The van der Waals surface area contributed by atoms with Crippen LogP contribution in [0, 0.1) is 12.8 Å². The molecule has 3 heteroatoms. The standard InChI is InChI=1S/C13H14Cl2O/c1-8-2-3-9(6-11(8)15)13-10(7-14)4-5-12(13)16/h2-3,6,10,13H,4-5,7H2,1H3. The van der Waals surface area contributed by atoms with E-state index in [0.717, 1.165) is 22.6 Å². The number of rotatable bonds is 2. The molecule has 86 valence electrons. The summed E-state index contributed by atoms with van der Waals surface area (Å²) in [6.45, 7) is 1.96. The average molecular weight is 257 g/mol. The molecule has 2 atom stereocenters. The summed E-state index contributed by atoms with van der Waals surface area (Å²) < 4.78 is 0. The van der Waals surface area contributed by atoms with E-state index in [2.05, 4.69) is 0 Å². The highest BCUT2D eigenvalue weighted by Crippen LogP contribution is 2.38. The van der Waals surface area contributed by atoms with Crippen molar-refractivity contribution in [3.63, 3.8) is 0 Å². The molecule has 0 aliphatic heterocycles. The number of Topliss-reactive ketones (excluding diaryl/α,β-unsaturated/α-hetero) is 1. The summed E-state index contributed by atoms with van der Waals surface area (Å²) in [4.78, 5) is 11.8. The topological polar surface area (TPSA) is 17.1 Å². The SMILES string of the molecule is Cc1ccc(C2C(=O)CCC2CCl)cc1Cl. The van der Waals surface area contributed by atoms with Crippen LogP contribution in [0.2, 0.25) is 5.02 Å². The van der Waals surface area contributed by atoms with Gasteiger partial charge in [-0.3, -0.25) is 4.79 Å². The first-order valence-corrected chi connectivity index (χ1v) is 6.39. The molecular formula is C13H14Cl2O. The number of hydrogen-bond acceptors (Lipinski definition) is 1. The Morgan fingerprint density at radius 1 is 1.44 bits per heavy atom. The van der Waals surface area contributed by atoms with Crippen LogP contribution in [0.4, 0.5) is 0 Å². The molecule has 16 heavy (non-hydrogen) atoms. The van der Waals surface area contributed by atoms with Crippen molar-refractivity contribution in [2.75, 3.05) is 5.88 Å². The van der Waals surface area contributed by atoms with Crippen LogP contribution in [-0.4, -0.2) is 11.7 Å². The fraction of sp³-hybridized carbons (Fsp3) is 0.462. The second-order valence-electron chi connectivity index (χ2n) is 4.41. The van der Waals surface area contributed by atoms with E-state index in [-0.39, 0.29) is 11.8 Å². The largest absolute Gasteiger partial charge is 0.299 e. The molecule has 0 saturated heterocycles. The number of carbonyl (C=O) groups excluding carboxylic acids is 1. The van der Waals surface area contributed by atoms with Crippen LogP contribution < -0.4 is 0 Å². The minimum Gasteiger partial charge on any atom is -0.299 e. The van der Waals surface area contributed by atoms with Crippen LogP contribution in [0.25, 0.3) is 0 Å². The quantitative estimate of drug-likeness (QED) is 0.733. The van der Waals surface area contributed by atoms with Gasteiger partial charge in [0.1, 0.15) is 5.78 Å². The molecule has 1 nitrogen and oxygen atoms in total. The second-order valence-corrected chi connectivity index (χ2v) is 5.12. The van der Waals surface area contributed by atoms with E-state index >= 15 is 0 Å². The number of ketones is 1. The maximum atomic E-state index is 11.8. The highest BCUT2D eigenvalue weighted by atomic mass is 35.5. The lowest BCUT2D eigenvalue weighted by atomic mass is 9.89. The summed E-state index contributed by atoms with van der Waals surface area (Å²) in [5.74, 6) is 1.07. The third-order valence-electron chi connectivity index (χ3n) is 3.33. The predicted octanol–water partition coefficient (Wildman–Crippen LogP) is 3.95. The third kappa shape index (κ3) is 2.11. The highest BCUT2D eigenvalue weighted by molar-refractivity contribution is 6.31. The van der Waals surface area contributed by atoms with Gasteiger partial charge in [-0.05, 0) is 36.5 Å². The molecule has 0 spiro atoms. The molecule has 0 bridgehead atoms. The van der Waals surface area contributed by atoms with Crippen LogP contribution in [0.5, 0.6) is 0 Å². The number of alkyl halides is 1. The zero-order valence-electron chi connectivity index (χ0n) is 9.17. The fourth-order valence-electron chi connectivity index (χ4n) is 2.34. The van der Waals surface area contributed by atoms with Gasteiger partial charge in [-0.25, -0.2) is 0 Å². The van der Waals surface area contributed by atoms with Gasteiger partial charge < -0.3 is 0 Å². The molecule has 0 radical (unpaired) electrons. The Morgan fingerprint density at radius 2 is 2.19 bits per heavy atom. The van der Waals surface area contributed by atoms with Gasteiger partial charge in [0, 0.05) is 23.2 Å².